The Labute approximate surface area is 146 Å². The highest BCUT2D eigenvalue weighted by Crippen LogP contribution is 2.18. The summed E-state index contributed by atoms with van der Waals surface area (Å²) in [5.74, 6) is 1.84. The predicted octanol–water partition coefficient (Wildman–Crippen LogP) is 2.13. The van der Waals surface area contributed by atoms with Crippen molar-refractivity contribution in [3.63, 3.8) is 0 Å². The topological polar surface area (TPSA) is 84.6 Å². The Kier molecular flexibility index (Phi) is 7.51. The molecule has 0 aliphatic rings. The molecular weight excluding hydrogens is 330 g/mol. The number of guanidine groups is 1. The molecular formula is C16H22ClN5O2. The number of nitrogens with zero attached hydrogens (tertiary/aromatic N) is 3. The third kappa shape index (κ3) is 5.82. The number of aromatic nitrogens is 2. The van der Waals surface area contributed by atoms with E-state index in [0.29, 0.717) is 55.4 Å². The number of hydrogen-bond acceptors (Lipinski definition) is 5. The van der Waals surface area contributed by atoms with E-state index >= 15 is 0 Å². The SMILES string of the molecule is CCOCCNC(=NC)NCCc1nc(-c2ccc(Cl)cc2)no1. The highest BCUT2D eigenvalue weighted by Gasteiger charge is 2.08. The van der Waals surface area contributed by atoms with Crippen LogP contribution in [0.4, 0.5) is 0 Å². The molecule has 1 aromatic heterocycles. The van der Waals surface area contributed by atoms with Crippen LogP contribution in [-0.2, 0) is 11.2 Å². The molecule has 130 valence electrons. The average molecular weight is 352 g/mol. The fourth-order valence-corrected chi connectivity index (χ4v) is 2.09. The van der Waals surface area contributed by atoms with Crippen LogP contribution >= 0.6 is 11.6 Å². The Hall–Kier alpha value is -2.12. The minimum Gasteiger partial charge on any atom is -0.380 e. The van der Waals surface area contributed by atoms with Crippen molar-refractivity contribution in [2.45, 2.75) is 13.3 Å². The maximum atomic E-state index is 5.87. The lowest BCUT2D eigenvalue weighted by Gasteiger charge is -2.10. The van der Waals surface area contributed by atoms with E-state index in [1.807, 2.05) is 19.1 Å². The van der Waals surface area contributed by atoms with Gasteiger partial charge in [0.15, 0.2) is 5.96 Å². The second-order valence-electron chi connectivity index (χ2n) is 4.89. The van der Waals surface area contributed by atoms with Crippen molar-refractivity contribution >= 4 is 17.6 Å². The molecule has 24 heavy (non-hydrogen) atoms. The van der Waals surface area contributed by atoms with E-state index in [1.54, 1.807) is 19.2 Å². The van der Waals surface area contributed by atoms with Crippen molar-refractivity contribution in [1.82, 2.24) is 20.8 Å². The Balaban J connectivity index is 1.77. The fourth-order valence-electron chi connectivity index (χ4n) is 1.97. The summed E-state index contributed by atoms with van der Waals surface area (Å²) in [7, 11) is 1.72. The summed E-state index contributed by atoms with van der Waals surface area (Å²) in [5, 5.41) is 11.0. The van der Waals surface area contributed by atoms with Crippen LogP contribution in [-0.4, -0.2) is 49.5 Å². The highest BCUT2D eigenvalue weighted by molar-refractivity contribution is 6.30. The molecule has 0 saturated heterocycles. The summed E-state index contributed by atoms with van der Waals surface area (Å²) in [6.07, 6.45) is 0.604. The molecule has 1 aromatic carbocycles. The van der Waals surface area contributed by atoms with Crippen LogP contribution in [0.3, 0.4) is 0 Å². The Morgan fingerprint density at radius 3 is 2.71 bits per heavy atom. The van der Waals surface area contributed by atoms with Gasteiger partial charge in [-0.15, -0.1) is 0 Å². The number of rotatable bonds is 8. The van der Waals surface area contributed by atoms with Crippen LogP contribution < -0.4 is 10.6 Å². The zero-order valence-corrected chi connectivity index (χ0v) is 14.6. The summed E-state index contributed by atoms with van der Waals surface area (Å²) in [4.78, 5) is 8.52. The quantitative estimate of drug-likeness (QED) is 0.430. The lowest BCUT2D eigenvalue weighted by Crippen LogP contribution is -2.39. The van der Waals surface area contributed by atoms with Gasteiger partial charge in [-0.3, -0.25) is 4.99 Å². The zero-order chi connectivity index (χ0) is 17.2. The molecule has 0 saturated carbocycles. The van der Waals surface area contributed by atoms with Gasteiger partial charge in [-0.1, -0.05) is 16.8 Å². The molecule has 0 unspecified atom stereocenters. The summed E-state index contributed by atoms with van der Waals surface area (Å²) in [5.41, 5.74) is 0.871. The molecule has 1 heterocycles. The summed E-state index contributed by atoms with van der Waals surface area (Å²) in [6, 6.07) is 7.32. The van der Waals surface area contributed by atoms with Crippen LogP contribution in [0.5, 0.6) is 0 Å². The first-order valence-electron chi connectivity index (χ1n) is 7.83. The van der Waals surface area contributed by atoms with E-state index in [0.717, 1.165) is 5.56 Å². The third-order valence-electron chi connectivity index (χ3n) is 3.17. The van der Waals surface area contributed by atoms with E-state index in [9.17, 15) is 0 Å². The highest BCUT2D eigenvalue weighted by atomic mass is 35.5. The fraction of sp³-hybridized carbons (Fsp3) is 0.438. The number of ether oxygens (including phenoxy) is 1. The number of halogens is 1. The maximum Gasteiger partial charge on any atom is 0.228 e. The number of benzene rings is 1. The normalized spacial score (nSPS) is 11.5. The Bertz CT molecular complexity index is 642. The van der Waals surface area contributed by atoms with Crippen LogP contribution in [0, 0.1) is 0 Å². The predicted molar refractivity (Wildman–Crippen MR) is 94.3 cm³/mol. The van der Waals surface area contributed by atoms with Gasteiger partial charge in [0.2, 0.25) is 11.7 Å². The van der Waals surface area contributed by atoms with Gasteiger partial charge < -0.3 is 19.9 Å². The van der Waals surface area contributed by atoms with Crippen molar-refractivity contribution in [3.05, 3.63) is 35.2 Å². The molecule has 0 radical (unpaired) electrons. The van der Waals surface area contributed by atoms with Crippen LogP contribution in [0.25, 0.3) is 11.4 Å². The largest absolute Gasteiger partial charge is 0.380 e. The van der Waals surface area contributed by atoms with Crippen LogP contribution in [0.1, 0.15) is 12.8 Å². The molecule has 0 fully saturated rings. The van der Waals surface area contributed by atoms with Gasteiger partial charge in [0.05, 0.1) is 6.61 Å². The standard InChI is InChI=1S/C16H22ClN5O2/c1-3-23-11-10-20-16(18-2)19-9-8-14-21-15(22-24-14)12-4-6-13(17)7-5-12/h4-7H,3,8-11H2,1-2H3,(H2,18,19,20). The van der Waals surface area contributed by atoms with Crippen molar-refractivity contribution in [2.24, 2.45) is 4.99 Å². The van der Waals surface area contributed by atoms with Gasteiger partial charge in [0.1, 0.15) is 0 Å². The molecule has 2 aromatic rings. The third-order valence-corrected chi connectivity index (χ3v) is 3.42. The minimum absolute atomic E-state index is 0.556. The van der Waals surface area contributed by atoms with E-state index in [2.05, 4.69) is 25.8 Å². The lowest BCUT2D eigenvalue weighted by atomic mass is 10.2. The van der Waals surface area contributed by atoms with Gasteiger partial charge in [-0.05, 0) is 31.2 Å². The molecule has 0 bridgehead atoms. The first-order valence-corrected chi connectivity index (χ1v) is 8.21. The van der Waals surface area contributed by atoms with E-state index in [-0.39, 0.29) is 0 Å². The van der Waals surface area contributed by atoms with Crippen molar-refractivity contribution < 1.29 is 9.26 Å². The second kappa shape index (κ2) is 9.89. The first kappa shape index (κ1) is 18.2. The molecule has 0 aliphatic heterocycles. The average Bonchev–Trinajstić information content (AvgIpc) is 3.06. The van der Waals surface area contributed by atoms with E-state index < -0.39 is 0 Å². The Morgan fingerprint density at radius 1 is 1.25 bits per heavy atom. The van der Waals surface area contributed by atoms with E-state index in [4.69, 9.17) is 20.9 Å². The lowest BCUT2D eigenvalue weighted by molar-refractivity contribution is 0.152. The smallest absolute Gasteiger partial charge is 0.228 e. The summed E-state index contributed by atoms with van der Waals surface area (Å²) < 4.78 is 10.5. The molecule has 8 heteroatoms. The number of nitrogens with one attached hydrogen (secondary N) is 2. The van der Waals surface area contributed by atoms with Crippen molar-refractivity contribution in [2.75, 3.05) is 33.4 Å². The van der Waals surface area contributed by atoms with Crippen LogP contribution in [0.2, 0.25) is 5.02 Å². The summed E-state index contributed by atoms with van der Waals surface area (Å²) in [6.45, 7) is 4.66. The first-order chi connectivity index (χ1) is 11.7. The molecule has 0 atom stereocenters. The van der Waals surface area contributed by atoms with Gasteiger partial charge in [-0.2, -0.15) is 4.98 Å². The number of hydrogen-bond donors (Lipinski definition) is 2. The van der Waals surface area contributed by atoms with Gasteiger partial charge in [0.25, 0.3) is 0 Å². The molecule has 0 spiro atoms. The minimum atomic E-state index is 0.556. The molecule has 2 rings (SSSR count). The van der Waals surface area contributed by atoms with Crippen molar-refractivity contribution in [3.8, 4) is 11.4 Å². The monoisotopic (exact) mass is 351 g/mol. The zero-order valence-electron chi connectivity index (χ0n) is 13.9. The van der Waals surface area contributed by atoms with Gasteiger partial charge in [-0.25, -0.2) is 0 Å². The number of aliphatic imine (C=N–C) groups is 1. The van der Waals surface area contributed by atoms with E-state index in [1.165, 1.54) is 0 Å². The van der Waals surface area contributed by atoms with Crippen molar-refractivity contribution in [1.29, 1.82) is 0 Å². The van der Waals surface area contributed by atoms with Crippen LogP contribution in [0.15, 0.2) is 33.8 Å². The molecule has 0 aliphatic carbocycles. The second-order valence-corrected chi connectivity index (χ2v) is 5.33. The molecule has 2 N–H and O–H groups in total. The maximum absolute atomic E-state index is 5.87. The van der Waals surface area contributed by atoms with Gasteiger partial charge >= 0.3 is 0 Å². The molecule has 0 amide bonds. The van der Waals surface area contributed by atoms with Gasteiger partial charge in [0, 0.05) is 43.8 Å². The summed E-state index contributed by atoms with van der Waals surface area (Å²) >= 11 is 5.87. The molecule has 7 nitrogen and oxygen atoms in total. The Morgan fingerprint density at radius 2 is 2.00 bits per heavy atom.